The van der Waals surface area contributed by atoms with E-state index in [1.807, 2.05) is 12.2 Å². The van der Waals surface area contributed by atoms with Gasteiger partial charge in [0.25, 0.3) is 0 Å². The van der Waals surface area contributed by atoms with Crippen molar-refractivity contribution in [3.63, 3.8) is 0 Å². The molecule has 150 valence electrons. The Labute approximate surface area is 157 Å². The molecule has 1 saturated carbocycles. The molecule has 1 unspecified atom stereocenters. The van der Waals surface area contributed by atoms with Crippen LogP contribution >= 0.6 is 0 Å². The van der Waals surface area contributed by atoms with Crippen LogP contribution in [0.3, 0.4) is 0 Å². The Kier molecular flexibility index (Phi) is 11.7. The summed E-state index contributed by atoms with van der Waals surface area (Å²) in [6.07, 6.45) is 11.3. The maximum absolute atomic E-state index is 12.2. The van der Waals surface area contributed by atoms with Crippen LogP contribution in [0.4, 0.5) is 0 Å². The quantitative estimate of drug-likeness (QED) is 0.324. The van der Waals surface area contributed by atoms with Crippen molar-refractivity contribution in [3.05, 3.63) is 12.2 Å². The average Bonchev–Trinajstić information content (AvgIpc) is 2.89. The number of carbonyl (C=O) groups is 2. The molecule has 0 bridgehead atoms. The lowest BCUT2D eigenvalue weighted by Gasteiger charge is -2.17. The van der Waals surface area contributed by atoms with E-state index in [0.29, 0.717) is 12.8 Å². The first-order valence-corrected chi connectivity index (χ1v) is 10.2. The summed E-state index contributed by atoms with van der Waals surface area (Å²) in [6.45, 7) is 1.72. The zero-order valence-electron chi connectivity index (χ0n) is 16.1. The number of hydrogen-bond donors (Lipinski definition) is 3. The number of unbranched alkanes of at least 4 members (excludes halogenated alkanes) is 4. The molecular formula is C21H36O5. The normalized spacial score (nSPS) is 24.5. The molecule has 3 N–H and O–H groups in total. The molecule has 5 nitrogen and oxygen atoms in total. The van der Waals surface area contributed by atoms with Gasteiger partial charge in [-0.3, -0.25) is 9.59 Å². The molecule has 0 amide bonds. The fraction of sp³-hybridized carbons (Fsp3) is 0.810. The minimum atomic E-state index is -0.612. The smallest absolute Gasteiger partial charge is 0.158 e. The van der Waals surface area contributed by atoms with Crippen LogP contribution < -0.4 is 0 Å². The van der Waals surface area contributed by atoms with E-state index in [2.05, 4.69) is 6.92 Å². The molecular weight excluding hydrogens is 332 g/mol. The van der Waals surface area contributed by atoms with Crippen molar-refractivity contribution in [3.8, 4) is 0 Å². The van der Waals surface area contributed by atoms with Crippen molar-refractivity contribution in [2.24, 2.45) is 11.8 Å². The van der Waals surface area contributed by atoms with Crippen LogP contribution in [-0.4, -0.2) is 45.7 Å². The predicted octanol–water partition coefficient (Wildman–Crippen LogP) is 2.95. The first kappa shape index (κ1) is 23.0. The van der Waals surface area contributed by atoms with Gasteiger partial charge in [-0.1, -0.05) is 51.2 Å². The molecule has 0 heterocycles. The Morgan fingerprint density at radius 1 is 1.23 bits per heavy atom. The van der Waals surface area contributed by atoms with Gasteiger partial charge in [0.1, 0.15) is 12.4 Å². The summed E-state index contributed by atoms with van der Waals surface area (Å²) < 4.78 is 0. The van der Waals surface area contributed by atoms with Crippen molar-refractivity contribution in [2.45, 2.75) is 89.8 Å². The SMILES string of the molecule is CCCCC(O)CC=C[C@H]1[C@H](O)CC(=O)[C@@H]1CCCCCCC(=O)CO. The van der Waals surface area contributed by atoms with Crippen molar-refractivity contribution in [1.82, 2.24) is 0 Å². The molecule has 0 radical (unpaired) electrons. The van der Waals surface area contributed by atoms with Crippen molar-refractivity contribution in [1.29, 1.82) is 0 Å². The third-order valence-corrected chi connectivity index (χ3v) is 5.29. The number of hydrogen-bond acceptors (Lipinski definition) is 5. The van der Waals surface area contributed by atoms with Gasteiger partial charge in [-0.25, -0.2) is 0 Å². The summed E-state index contributed by atoms with van der Waals surface area (Å²) in [4.78, 5) is 23.2. The van der Waals surface area contributed by atoms with E-state index < -0.39 is 6.10 Å². The zero-order valence-corrected chi connectivity index (χ0v) is 16.1. The Bertz CT molecular complexity index is 446. The topological polar surface area (TPSA) is 94.8 Å². The maximum atomic E-state index is 12.2. The number of aliphatic hydroxyl groups excluding tert-OH is 3. The highest BCUT2D eigenvalue weighted by molar-refractivity contribution is 5.84. The number of carbonyl (C=O) groups excluding carboxylic acids is 2. The second kappa shape index (κ2) is 13.2. The number of ketones is 2. The van der Waals surface area contributed by atoms with Gasteiger partial charge in [-0.05, 0) is 25.7 Å². The Morgan fingerprint density at radius 3 is 2.65 bits per heavy atom. The first-order valence-electron chi connectivity index (χ1n) is 10.2. The monoisotopic (exact) mass is 368 g/mol. The van der Waals surface area contributed by atoms with Crippen LogP contribution in [0.5, 0.6) is 0 Å². The molecule has 4 atom stereocenters. The molecule has 0 aliphatic heterocycles. The average molecular weight is 369 g/mol. The van der Waals surface area contributed by atoms with Crippen LogP contribution in [0.25, 0.3) is 0 Å². The summed E-state index contributed by atoms with van der Waals surface area (Å²) in [5, 5.41) is 28.7. The zero-order chi connectivity index (χ0) is 19.4. The molecule has 0 spiro atoms. The number of Topliss-reactive ketones (excluding diaryl/α,β-unsaturated/α-hetero) is 2. The second-order valence-electron chi connectivity index (χ2n) is 7.53. The molecule has 1 rings (SSSR count). The fourth-order valence-corrected chi connectivity index (χ4v) is 3.66. The highest BCUT2D eigenvalue weighted by Gasteiger charge is 2.39. The lowest BCUT2D eigenvalue weighted by atomic mass is 9.88. The van der Waals surface area contributed by atoms with Gasteiger partial charge < -0.3 is 15.3 Å². The molecule has 1 fully saturated rings. The number of rotatable bonds is 14. The van der Waals surface area contributed by atoms with E-state index in [-0.39, 0.29) is 42.5 Å². The van der Waals surface area contributed by atoms with Crippen LogP contribution in [0, 0.1) is 11.8 Å². The van der Waals surface area contributed by atoms with Crippen LogP contribution in [0.15, 0.2) is 12.2 Å². The highest BCUT2D eigenvalue weighted by Crippen LogP contribution is 2.34. The molecule has 0 aromatic rings. The summed E-state index contributed by atoms with van der Waals surface area (Å²) >= 11 is 0. The fourth-order valence-electron chi connectivity index (χ4n) is 3.66. The van der Waals surface area contributed by atoms with Gasteiger partial charge in [0, 0.05) is 24.7 Å². The Morgan fingerprint density at radius 2 is 1.96 bits per heavy atom. The first-order chi connectivity index (χ1) is 12.5. The summed E-state index contributed by atoms with van der Waals surface area (Å²) in [6, 6.07) is 0. The van der Waals surface area contributed by atoms with E-state index in [1.54, 1.807) is 0 Å². The van der Waals surface area contributed by atoms with Gasteiger partial charge in [0.05, 0.1) is 12.2 Å². The standard InChI is InChI=1S/C21H36O5/c1-2-3-9-16(23)11-8-13-19-18(20(25)14-21(19)26)12-7-5-4-6-10-17(24)15-22/h8,13,16,18-19,21-23,26H,2-7,9-12,14-15H2,1H3/t16?,18-,19-,21-/m1/s1. The molecule has 0 saturated heterocycles. The van der Waals surface area contributed by atoms with E-state index in [9.17, 15) is 19.8 Å². The molecule has 0 aromatic heterocycles. The lowest BCUT2D eigenvalue weighted by Crippen LogP contribution is -2.18. The summed E-state index contributed by atoms with van der Waals surface area (Å²) in [5.74, 6) is -0.260. The summed E-state index contributed by atoms with van der Waals surface area (Å²) in [5.41, 5.74) is 0. The van der Waals surface area contributed by atoms with Crippen LogP contribution in [-0.2, 0) is 9.59 Å². The molecule has 5 heteroatoms. The van der Waals surface area contributed by atoms with E-state index >= 15 is 0 Å². The number of aliphatic hydroxyl groups is 3. The Hall–Kier alpha value is -1.04. The van der Waals surface area contributed by atoms with Crippen molar-refractivity contribution >= 4 is 11.6 Å². The maximum Gasteiger partial charge on any atom is 0.158 e. The highest BCUT2D eigenvalue weighted by atomic mass is 16.3. The molecule has 0 aromatic carbocycles. The molecule has 1 aliphatic carbocycles. The minimum absolute atomic E-state index is 0.120. The van der Waals surface area contributed by atoms with E-state index in [1.165, 1.54) is 0 Å². The molecule has 1 aliphatic rings. The Balaban J connectivity index is 2.34. The second-order valence-corrected chi connectivity index (χ2v) is 7.53. The van der Waals surface area contributed by atoms with E-state index in [4.69, 9.17) is 5.11 Å². The predicted molar refractivity (Wildman–Crippen MR) is 102 cm³/mol. The largest absolute Gasteiger partial charge is 0.393 e. The van der Waals surface area contributed by atoms with Crippen LogP contribution in [0.1, 0.15) is 77.6 Å². The molecule has 26 heavy (non-hydrogen) atoms. The third kappa shape index (κ3) is 8.56. The van der Waals surface area contributed by atoms with Gasteiger partial charge in [-0.2, -0.15) is 0 Å². The lowest BCUT2D eigenvalue weighted by molar-refractivity contribution is -0.122. The van der Waals surface area contributed by atoms with Gasteiger partial charge in [0.2, 0.25) is 0 Å². The van der Waals surface area contributed by atoms with Gasteiger partial charge in [0.15, 0.2) is 5.78 Å². The van der Waals surface area contributed by atoms with Crippen LogP contribution in [0.2, 0.25) is 0 Å². The third-order valence-electron chi connectivity index (χ3n) is 5.29. The van der Waals surface area contributed by atoms with Crippen molar-refractivity contribution < 1.29 is 24.9 Å². The van der Waals surface area contributed by atoms with E-state index in [0.717, 1.165) is 51.4 Å². The van der Waals surface area contributed by atoms with Crippen molar-refractivity contribution in [2.75, 3.05) is 6.61 Å². The van der Waals surface area contributed by atoms with Gasteiger partial charge >= 0.3 is 0 Å². The van der Waals surface area contributed by atoms with Gasteiger partial charge in [-0.15, -0.1) is 0 Å². The minimum Gasteiger partial charge on any atom is -0.393 e. The summed E-state index contributed by atoms with van der Waals surface area (Å²) in [7, 11) is 0.